The summed E-state index contributed by atoms with van der Waals surface area (Å²) in [6.07, 6.45) is 3.56. The van der Waals surface area contributed by atoms with Crippen molar-refractivity contribution in [1.82, 2.24) is 14.8 Å². The van der Waals surface area contributed by atoms with Crippen molar-refractivity contribution in [2.24, 2.45) is 7.05 Å². The van der Waals surface area contributed by atoms with Gasteiger partial charge in [-0.05, 0) is 55.0 Å². The first-order valence-corrected chi connectivity index (χ1v) is 9.34. The van der Waals surface area contributed by atoms with Gasteiger partial charge in [0.25, 0.3) is 5.56 Å². The van der Waals surface area contributed by atoms with Gasteiger partial charge >= 0.3 is 6.03 Å². The van der Waals surface area contributed by atoms with Crippen molar-refractivity contribution in [2.75, 3.05) is 20.2 Å². The van der Waals surface area contributed by atoms with Crippen molar-refractivity contribution in [2.45, 2.75) is 31.7 Å². The summed E-state index contributed by atoms with van der Waals surface area (Å²) in [4.78, 5) is 26.3. The molecule has 0 aliphatic carbocycles. The molecule has 6 heteroatoms. The Bertz CT molecular complexity index is 836. The van der Waals surface area contributed by atoms with E-state index in [1.165, 1.54) is 0 Å². The van der Waals surface area contributed by atoms with Gasteiger partial charge in [-0.1, -0.05) is 12.1 Å². The average molecular weight is 369 g/mol. The van der Waals surface area contributed by atoms with E-state index in [9.17, 15) is 9.59 Å². The van der Waals surface area contributed by atoms with Gasteiger partial charge in [-0.2, -0.15) is 0 Å². The van der Waals surface area contributed by atoms with Gasteiger partial charge in [0.15, 0.2) is 0 Å². The summed E-state index contributed by atoms with van der Waals surface area (Å²) in [5.74, 6) is 1.14. The highest BCUT2D eigenvalue weighted by molar-refractivity contribution is 5.74. The molecule has 0 saturated carbocycles. The maximum absolute atomic E-state index is 12.6. The predicted octanol–water partition coefficient (Wildman–Crippen LogP) is 3.04. The molecule has 144 valence electrons. The van der Waals surface area contributed by atoms with E-state index in [-0.39, 0.29) is 17.6 Å². The molecule has 3 rings (SSSR count). The lowest BCUT2D eigenvalue weighted by Gasteiger charge is -2.33. The number of rotatable bonds is 4. The third-order valence-electron chi connectivity index (χ3n) is 5.34. The van der Waals surface area contributed by atoms with Crippen molar-refractivity contribution < 1.29 is 9.53 Å². The summed E-state index contributed by atoms with van der Waals surface area (Å²) in [5, 5.41) is 3.07. The number of hydrogen-bond donors (Lipinski definition) is 1. The summed E-state index contributed by atoms with van der Waals surface area (Å²) >= 11 is 0. The third-order valence-corrected chi connectivity index (χ3v) is 5.34. The largest absolute Gasteiger partial charge is 0.497 e. The molecule has 0 unspecified atom stereocenters. The number of likely N-dealkylation sites (tertiary alicyclic amines) is 1. The maximum Gasteiger partial charge on any atom is 0.317 e. The molecule has 1 aromatic carbocycles. The lowest BCUT2D eigenvalue weighted by molar-refractivity contribution is 0.178. The topological polar surface area (TPSA) is 63.6 Å². The highest BCUT2D eigenvalue weighted by Crippen LogP contribution is 2.27. The van der Waals surface area contributed by atoms with E-state index < -0.39 is 0 Å². The SMILES string of the molecule is COc1ccc([C@@H](C)NC(=O)N2CCC(c3ccn(C)c(=O)c3)CC2)cc1. The summed E-state index contributed by atoms with van der Waals surface area (Å²) in [6, 6.07) is 11.3. The van der Waals surface area contributed by atoms with E-state index in [0.29, 0.717) is 19.0 Å². The van der Waals surface area contributed by atoms with Crippen LogP contribution >= 0.6 is 0 Å². The number of amides is 2. The minimum atomic E-state index is -0.0710. The number of aryl methyl sites for hydroxylation is 1. The second-order valence-corrected chi connectivity index (χ2v) is 7.11. The van der Waals surface area contributed by atoms with Crippen molar-refractivity contribution in [1.29, 1.82) is 0 Å². The van der Waals surface area contributed by atoms with Crippen LogP contribution in [0.2, 0.25) is 0 Å². The Kier molecular flexibility index (Phi) is 5.84. The van der Waals surface area contributed by atoms with Crippen LogP contribution in [0.15, 0.2) is 47.4 Å². The molecule has 6 nitrogen and oxygen atoms in total. The first-order chi connectivity index (χ1) is 13.0. The molecule has 0 bridgehead atoms. The summed E-state index contributed by atoms with van der Waals surface area (Å²) in [6.45, 7) is 3.37. The van der Waals surface area contributed by atoms with E-state index in [2.05, 4.69) is 5.32 Å². The minimum Gasteiger partial charge on any atom is -0.497 e. The Morgan fingerprint density at radius 2 is 1.85 bits per heavy atom. The quantitative estimate of drug-likeness (QED) is 0.901. The van der Waals surface area contributed by atoms with Crippen LogP contribution in [0, 0.1) is 0 Å². The van der Waals surface area contributed by atoms with Gasteiger partial charge in [-0.3, -0.25) is 4.79 Å². The fraction of sp³-hybridized carbons (Fsp3) is 0.429. The first-order valence-electron chi connectivity index (χ1n) is 9.34. The highest BCUT2D eigenvalue weighted by Gasteiger charge is 2.25. The standard InChI is InChI=1S/C21H27N3O3/c1-15(16-4-6-19(27-3)7-5-16)22-21(26)24-12-9-17(10-13-24)18-8-11-23(2)20(25)14-18/h4-8,11,14-15,17H,9-10,12-13H2,1-3H3,(H,22,26)/t15-/m1/s1. The van der Waals surface area contributed by atoms with Crippen molar-refractivity contribution >= 4 is 6.03 Å². The Labute approximate surface area is 159 Å². The van der Waals surface area contributed by atoms with Gasteiger partial charge < -0.3 is 19.5 Å². The van der Waals surface area contributed by atoms with Crippen LogP contribution in [-0.2, 0) is 7.05 Å². The Morgan fingerprint density at radius 3 is 2.44 bits per heavy atom. The molecule has 0 radical (unpaired) electrons. The Hall–Kier alpha value is -2.76. The lowest BCUT2D eigenvalue weighted by atomic mass is 9.90. The van der Waals surface area contributed by atoms with Crippen LogP contribution in [0.1, 0.15) is 42.9 Å². The normalized spacial score (nSPS) is 16.0. The second kappa shape index (κ2) is 8.29. The molecule has 2 amide bonds. The van der Waals surface area contributed by atoms with Crippen molar-refractivity contribution in [3.8, 4) is 5.75 Å². The van der Waals surface area contributed by atoms with Crippen LogP contribution in [0.3, 0.4) is 0 Å². The molecular weight excluding hydrogens is 342 g/mol. The van der Waals surface area contributed by atoms with Crippen LogP contribution in [0.4, 0.5) is 4.79 Å². The Morgan fingerprint density at radius 1 is 1.19 bits per heavy atom. The van der Waals surface area contributed by atoms with Gasteiger partial charge in [-0.15, -0.1) is 0 Å². The van der Waals surface area contributed by atoms with Crippen LogP contribution in [-0.4, -0.2) is 35.7 Å². The van der Waals surface area contributed by atoms with E-state index >= 15 is 0 Å². The number of hydrogen-bond acceptors (Lipinski definition) is 3. The zero-order valence-electron chi connectivity index (χ0n) is 16.1. The number of benzene rings is 1. The zero-order chi connectivity index (χ0) is 19.4. The molecule has 1 saturated heterocycles. The molecule has 27 heavy (non-hydrogen) atoms. The lowest BCUT2D eigenvalue weighted by Crippen LogP contribution is -2.44. The van der Waals surface area contributed by atoms with Gasteiger partial charge in [0.2, 0.25) is 0 Å². The van der Waals surface area contributed by atoms with Gasteiger partial charge in [0.05, 0.1) is 13.2 Å². The van der Waals surface area contributed by atoms with Crippen LogP contribution < -0.4 is 15.6 Å². The van der Waals surface area contributed by atoms with Gasteiger partial charge in [-0.25, -0.2) is 4.79 Å². The predicted molar refractivity (Wildman–Crippen MR) is 105 cm³/mol. The number of urea groups is 1. The summed E-state index contributed by atoms with van der Waals surface area (Å²) in [5.41, 5.74) is 2.13. The van der Waals surface area contributed by atoms with E-state index in [1.807, 2.05) is 48.4 Å². The number of piperidine rings is 1. The average Bonchev–Trinajstić information content (AvgIpc) is 2.70. The molecule has 1 aliphatic heterocycles. The third kappa shape index (κ3) is 4.51. The summed E-state index contributed by atoms with van der Waals surface area (Å²) in [7, 11) is 3.39. The number of carbonyl (C=O) groups is 1. The molecule has 2 heterocycles. The van der Waals surface area contributed by atoms with E-state index in [0.717, 1.165) is 29.7 Å². The highest BCUT2D eigenvalue weighted by atomic mass is 16.5. The number of nitrogens with one attached hydrogen (secondary N) is 1. The zero-order valence-corrected chi connectivity index (χ0v) is 16.1. The van der Waals surface area contributed by atoms with E-state index in [4.69, 9.17) is 4.74 Å². The summed E-state index contributed by atoms with van der Waals surface area (Å²) < 4.78 is 6.75. The van der Waals surface area contributed by atoms with Crippen LogP contribution in [0.25, 0.3) is 0 Å². The number of methoxy groups -OCH3 is 1. The molecule has 1 aromatic heterocycles. The fourth-order valence-electron chi connectivity index (χ4n) is 3.49. The molecule has 1 aliphatic rings. The smallest absolute Gasteiger partial charge is 0.317 e. The fourth-order valence-corrected chi connectivity index (χ4v) is 3.49. The molecule has 1 fully saturated rings. The number of aromatic nitrogens is 1. The number of ether oxygens (including phenoxy) is 1. The van der Waals surface area contributed by atoms with Crippen LogP contribution in [0.5, 0.6) is 5.75 Å². The van der Waals surface area contributed by atoms with Gasteiger partial charge in [0, 0.05) is 32.4 Å². The maximum atomic E-state index is 12.6. The monoisotopic (exact) mass is 369 g/mol. The molecule has 1 atom stereocenters. The molecule has 1 N–H and O–H groups in total. The van der Waals surface area contributed by atoms with E-state index in [1.54, 1.807) is 24.8 Å². The number of nitrogens with zero attached hydrogens (tertiary/aromatic N) is 2. The number of pyridine rings is 1. The van der Waals surface area contributed by atoms with Crippen molar-refractivity contribution in [3.05, 3.63) is 64.1 Å². The number of carbonyl (C=O) groups excluding carboxylic acids is 1. The molecule has 2 aromatic rings. The Balaban J connectivity index is 1.54. The molecular formula is C21H27N3O3. The van der Waals surface area contributed by atoms with Crippen molar-refractivity contribution in [3.63, 3.8) is 0 Å². The van der Waals surface area contributed by atoms with Gasteiger partial charge in [0.1, 0.15) is 5.75 Å². The minimum absolute atomic E-state index is 0.0148. The first kappa shape index (κ1) is 19.0. The molecule has 0 spiro atoms. The second-order valence-electron chi connectivity index (χ2n) is 7.11.